The molecule has 0 fully saturated rings. The van der Waals surface area contributed by atoms with Crippen molar-refractivity contribution < 1.29 is 0 Å². The molecule has 3 heteroatoms. The molecule has 0 bridgehead atoms. The lowest BCUT2D eigenvalue weighted by Crippen LogP contribution is -1.86. The maximum absolute atomic E-state index is 4.83. The smallest absolute Gasteiger partial charge is 0.0676 e. The molecule has 0 aliphatic heterocycles. The maximum atomic E-state index is 4.83. The van der Waals surface area contributed by atoms with Gasteiger partial charge in [0, 0.05) is 7.74 Å². The summed E-state index contributed by atoms with van der Waals surface area (Å²) in [5.74, 6) is 0. The van der Waals surface area contributed by atoms with Gasteiger partial charge in [0.05, 0.1) is 7.17 Å². The Morgan fingerprint density at radius 2 is 2.25 bits per heavy atom. The van der Waals surface area contributed by atoms with Crippen LogP contribution in [0.5, 0.6) is 0 Å². The highest BCUT2D eigenvalue weighted by atomic mass is 32.1. The van der Waals surface area contributed by atoms with Crippen LogP contribution in [0.2, 0.25) is 0 Å². The molecule has 0 aliphatic carbocycles. The highest BCUT2D eigenvalue weighted by Crippen LogP contribution is 1.57. The van der Waals surface area contributed by atoms with Gasteiger partial charge >= 0.3 is 0 Å². The fourth-order valence-corrected chi connectivity index (χ4v) is 0. The second kappa shape index (κ2) is 3.48. The molecule has 0 rings (SSSR count). The fourth-order valence-electron chi connectivity index (χ4n) is 0. The Balaban J connectivity index is 1.97. The highest BCUT2D eigenvalue weighted by molar-refractivity contribution is 7.82. The van der Waals surface area contributed by atoms with Gasteiger partial charge in [0.1, 0.15) is 0 Å². The molecular formula is CH3B2S. The molecule has 0 N–H and O–H groups in total. The summed E-state index contributed by atoms with van der Waals surface area (Å²) >= 11 is 3.74. The van der Waals surface area contributed by atoms with E-state index in [4.69, 9.17) is 7.74 Å². The average Bonchev–Trinajstić information content (AvgIpc) is 1.37. The molecule has 0 nitrogen and oxygen atoms in total. The van der Waals surface area contributed by atoms with E-state index in [9.17, 15) is 0 Å². The van der Waals surface area contributed by atoms with Crippen molar-refractivity contribution in [2.45, 2.75) is 0 Å². The predicted molar refractivity (Wildman–Crippen MR) is 25.4 cm³/mol. The van der Waals surface area contributed by atoms with Crippen LogP contribution in [-0.4, -0.2) is 20.6 Å². The van der Waals surface area contributed by atoms with Crippen LogP contribution in [-0.2, 0) is 0 Å². The number of rotatable bonds is 1. The van der Waals surface area contributed by atoms with Crippen molar-refractivity contribution in [3.8, 4) is 0 Å². The summed E-state index contributed by atoms with van der Waals surface area (Å²) < 4.78 is 0. The first-order valence-corrected chi connectivity index (χ1v) is 1.69. The molecule has 0 aromatic rings. The summed E-state index contributed by atoms with van der Waals surface area (Å²) in [5, 5.41) is 0. The molecule has 0 unspecified atom stereocenters. The van der Waals surface area contributed by atoms with E-state index < -0.39 is 0 Å². The van der Waals surface area contributed by atoms with Gasteiger partial charge in [0.2, 0.25) is 0 Å². The first-order chi connectivity index (χ1) is 1.91. The zero-order valence-electron chi connectivity index (χ0n) is 2.31. The van der Waals surface area contributed by atoms with E-state index in [1.807, 2.05) is 0 Å². The third-order valence-corrected chi connectivity index (χ3v) is 0.316. The molecule has 19 valence electrons. The lowest BCUT2D eigenvalue weighted by Gasteiger charge is -1.64. The van der Waals surface area contributed by atoms with Gasteiger partial charge in [0.15, 0.2) is 0 Å². The van der Waals surface area contributed by atoms with Gasteiger partial charge in [-0.2, -0.15) is 12.6 Å². The van der Waals surface area contributed by atoms with Crippen molar-refractivity contribution in [3.05, 3.63) is 0 Å². The summed E-state index contributed by atoms with van der Waals surface area (Å²) in [5.41, 5.74) is 0.667. The Morgan fingerprint density at radius 1 is 2.00 bits per heavy atom. The van der Waals surface area contributed by atoms with Gasteiger partial charge in [-0.3, -0.25) is 0 Å². The van der Waals surface area contributed by atoms with E-state index in [-0.39, 0.29) is 0 Å². The van der Waals surface area contributed by atoms with Gasteiger partial charge in [0.25, 0.3) is 0 Å². The summed E-state index contributed by atoms with van der Waals surface area (Å²) in [6.07, 6.45) is 0. The van der Waals surface area contributed by atoms with E-state index in [0.717, 1.165) is 0 Å². The van der Waals surface area contributed by atoms with Crippen LogP contribution >= 0.6 is 12.6 Å². The van der Waals surface area contributed by atoms with Crippen molar-refractivity contribution in [2.75, 3.05) is 5.65 Å². The van der Waals surface area contributed by atoms with Gasteiger partial charge in [-0.05, 0) is 5.65 Å². The molecule has 0 amide bonds. The summed E-state index contributed by atoms with van der Waals surface area (Å²) in [6.45, 7) is 0. The van der Waals surface area contributed by atoms with Crippen LogP contribution in [0.3, 0.4) is 0 Å². The van der Waals surface area contributed by atoms with Crippen LogP contribution < -0.4 is 0 Å². The third kappa shape index (κ3) is 2.48. The third-order valence-electron chi connectivity index (χ3n) is 0.105. The highest BCUT2D eigenvalue weighted by Gasteiger charge is 1.61. The van der Waals surface area contributed by atoms with Crippen LogP contribution in [0.25, 0.3) is 0 Å². The first-order valence-electron chi connectivity index (χ1n) is 1.06. The fraction of sp³-hybridized carbons (Fsp3) is 1.00. The molecule has 0 atom stereocenters. The summed E-state index contributed by atoms with van der Waals surface area (Å²) in [7, 11) is 6.32. The van der Waals surface area contributed by atoms with Crippen LogP contribution in [0.1, 0.15) is 0 Å². The van der Waals surface area contributed by atoms with Crippen molar-refractivity contribution in [1.29, 1.82) is 0 Å². The number of hydrogen-bond acceptors (Lipinski definition) is 1. The average molecular weight is 68.7 g/mol. The van der Waals surface area contributed by atoms with E-state index >= 15 is 0 Å². The van der Waals surface area contributed by atoms with E-state index in [1.54, 1.807) is 0 Å². The maximum Gasteiger partial charge on any atom is 0.0676 e. The van der Waals surface area contributed by atoms with Crippen molar-refractivity contribution >= 4 is 27.5 Å². The lowest BCUT2D eigenvalue weighted by atomic mass is 9.58. The first kappa shape index (κ1) is 4.48. The second-order valence-electron chi connectivity index (χ2n) is 0.418. The largest absolute Gasteiger partial charge is 0.189 e. The SMILES string of the molecule is [B][B]CS. The minimum Gasteiger partial charge on any atom is -0.189 e. The van der Waals surface area contributed by atoms with Crippen molar-refractivity contribution in [2.24, 2.45) is 0 Å². The lowest BCUT2D eigenvalue weighted by molar-refractivity contribution is 2.25. The normalized spacial score (nSPS) is 6.25. The Labute approximate surface area is 34.0 Å². The number of thiol groups is 1. The van der Waals surface area contributed by atoms with Gasteiger partial charge < -0.3 is 0 Å². The molecule has 0 saturated carbocycles. The van der Waals surface area contributed by atoms with Crippen molar-refractivity contribution in [3.63, 3.8) is 0 Å². The molecule has 0 aliphatic rings. The Bertz CT molecular complexity index is 8.00. The molecule has 0 aromatic heterocycles. The molecule has 0 spiro atoms. The molecular weight excluding hydrogens is 65.7 g/mol. The van der Waals surface area contributed by atoms with Crippen LogP contribution in [0, 0.1) is 0 Å². The van der Waals surface area contributed by atoms with Crippen LogP contribution in [0.4, 0.5) is 0 Å². The molecule has 0 aromatic carbocycles. The quantitative estimate of drug-likeness (QED) is 0.316. The number of hydrogen-bond donors (Lipinski definition) is 1. The minimum absolute atomic E-state index is 0.667. The monoisotopic (exact) mass is 69.0 g/mol. The van der Waals surface area contributed by atoms with Crippen molar-refractivity contribution in [1.82, 2.24) is 0 Å². The zero-order chi connectivity index (χ0) is 3.41. The van der Waals surface area contributed by atoms with Crippen LogP contribution in [0.15, 0.2) is 0 Å². The van der Waals surface area contributed by atoms with Gasteiger partial charge in [-0.25, -0.2) is 0 Å². The molecule has 3 radical (unpaired) electrons. The second-order valence-corrected chi connectivity index (χ2v) is 0.783. The summed E-state index contributed by atoms with van der Waals surface area (Å²) in [4.78, 5) is 0. The minimum atomic E-state index is 0.667. The Hall–Kier alpha value is 0.480. The predicted octanol–water partition coefficient (Wildman–Crippen LogP) is -0.339. The van der Waals surface area contributed by atoms with E-state index in [2.05, 4.69) is 12.6 Å². The Kier molecular flexibility index (Phi) is 3.90. The van der Waals surface area contributed by atoms with Gasteiger partial charge in [-0.1, -0.05) is 0 Å². The topological polar surface area (TPSA) is 0 Å². The van der Waals surface area contributed by atoms with E-state index in [1.165, 1.54) is 7.17 Å². The molecule has 4 heavy (non-hydrogen) atoms. The van der Waals surface area contributed by atoms with Gasteiger partial charge in [-0.15, -0.1) is 0 Å². The standard InChI is InChI=1S/CH3B2S/c2-3-1-4/h4H,1H2. The molecule has 0 heterocycles. The Morgan fingerprint density at radius 3 is 2.25 bits per heavy atom. The summed E-state index contributed by atoms with van der Waals surface area (Å²) in [6, 6.07) is 0. The molecule has 0 saturated heterocycles. The van der Waals surface area contributed by atoms with E-state index in [0.29, 0.717) is 5.65 Å². The zero-order valence-corrected chi connectivity index (χ0v) is 3.20.